The molecule has 10 nitrogen and oxygen atoms in total. The van der Waals surface area contributed by atoms with E-state index in [1.807, 2.05) is 6.07 Å². The molecule has 4 aromatic rings. The molecule has 0 aliphatic rings. The average Bonchev–Trinajstić information content (AvgIpc) is 3.24. The predicted molar refractivity (Wildman–Crippen MR) is 140 cm³/mol. The first-order valence-corrected chi connectivity index (χ1v) is 12.1. The summed E-state index contributed by atoms with van der Waals surface area (Å²) in [6, 6.07) is 13.5. The second-order valence-corrected chi connectivity index (χ2v) is 9.81. The van der Waals surface area contributed by atoms with E-state index in [1.165, 1.54) is 30.7 Å². The molecular weight excluding hydrogens is 496 g/mol. The number of benzene rings is 2. The Labute approximate surface area is 217 Å². The fraction of sp³-hybridized carbons (Fsp3) is 0.231. The number of thiazole rings is 1. The zero-order valence-electron chi connectivity index (χ0n) is 20.5. The van der Waals surface area contributed by atoms with Crippen LogP contribution >= 0.6 is 11.3 Å². The Balaban J connectivity index is 1.43. The molecule has 2 aromatic heterocycles. The Morgan fingerprint density at radius 1 is 1.14 bits per heavy atom. The molecule has 0 unspecified atom stereocenters. The standard InChI is InChI=1S/C26H26N4O6S/c1-26(2,33)14-35-16-7-9-21-18(13-16)29-25(37-21)30-22(31)12-15-6-8-19(20(11-15)34-3)36-24-17(23(27)32)5-4-10-28-24/h4-11,13,33H,12,14H2,1-3H3,(H2,27,32)(H,29,30,31). The van der Waals surface area contributed by atoms with E-state index in [0.29, 0.717) is 33.5 Å². The van der Waals surface area contributed by atoms with Gasteiger partial charge in [0.2, 0.25) is 11.8 Å². The number of methoxy groups -OCH3 is 1. The lowest BCUT2D eigenvalue weighted by atomic mass is 10.1. The smallest absolute Gasteiger partial charge is 0.254 e. The van der Waals surface area contributed by atoms with Gasteiger partial charge >= 0.3 is 0 Å². The molecular formula is C26H26N4O6S. The number of aliphatic hydroxyl groups is 1. The molecule has 2 aromatic carbocycles. The summed E-state index contributed by atoms with van der Waals surface area (Å²) in [6.45, 7) is 3.48. The monoisotopic (exact) mass is 522 g/mol. The van der Waals surface area contributed by atoms with Crippen molar-refractivity contribution in [1.29, 1.82) is 0 Å². The Hall–Kier alpha value is -4.22. The van der Waals surface area contributed by atoms with Crippen LogP contribution in [-0.4, -0.2) is 46.2 Å². The van der Waals surface area contributed by atoms with E-state index >= 15 is 0 Å². The summed E-state index contributed by atoms with van der Waals surface area (Å²) in [5.74, 6) is 0.410. The second-order valence-electron chi connectivity index (χ2n) is 8.78. The molecule has 4 rings (SSSR count). The highest BCUT2D eigenvalue weighted by Gasteiger charge is 2.17. The molecule has 0 saturated heterocycles. The van der Waals surface area contributed by atoms with E-state index in [1.54, 1.807) is 50.2 Å². The Bertz CT molecular complexity index is 1450. The molecule has 37 heavy (non-hydrogen) atoms. The number of hydrogen-bond donors (Lipinski definition) is 3. The van der Waals surface area contributed by atoms with Crippen molar-refractivity contribution in [2.45, 2.75) is 25.9 Å². The first-order chi connectivity index (χ1) is 17.6. The van der Waals surface area contributed by atoms with Crippen LogP contribution < -0.4 is 25.3 Å². The van der Waals surface area contributed by atoms with Crippen molar-refractivity contribution in [2.24, 2.45) is 5.73 Å². The third-order valence-corrected chi connectivity index (χ3v) is 5.99. The first kappa shape index (κ1) is 25.9. The van der Waals surface area contributed by atoms with Crippen molar-refractivity contribution in [3.05, 3.63) is 65.9 Å². The van der Waals surface area contributed by atoms with E-state index in [2.05, 4.69) is 15.3 Å². The molecule has 0 atom stereocenters. The van der Waals surface area contributed by atoms with Crippen LogP contribution in [0, 0.1) is 0 Å². The molecule has 0 spiro atoms. The summed E-state index contributed by atoms with van der Waals surface area (Å²) < 4.78 is 17.7. The van der Waals surface area contributed by atoms with E-state index in [-0.39, 0.29) is 30.4 Å². The van der Waals surface area contributed by atoms with Gasteiger partial charge in [-0.25, -0.2) is 9.97 Å². The fourth-order valence-corrected chi connectivity index (χ4v) is 4.19. The molecule has 0 radical (unpaired) electrons. The summed E-state index contributed by atoms with van der Waals surface area (Å²) in [5, 5.41) is 13.1. The lowest BCUT2D eigenvalue weighted by molar-refractivity contribution is -0.115. The van der Waals surface area contributed by atoms with Gasteiger partial charge in [-0.15, -0.1) is 0 Å². The van der Waals surface area contributed by atoms with Crippen LogP contribution in [0.25, 0.3) is 10.2 Å². The van der Waals surface area contributed by atoms with Gasteiger partial charge in [0.15, 0.2) is 16.6 Å². The minimum Gasteiger partial charge on any atom is -0.493 e. The average molecular weight is 523 g/mol. The number of nitrogens with two attached hydrogens (primary N) is 1. The van der Waals surface area contributed by atoms with Crippen LogP contribution in [0.1, 0.15) is 29.8 Å². The van der Waals surface area contributed by atoms with Crippen LogP contribution in [0.15, 0.2) is 54.7 Å². The Kier molecular flexibility index (Phi) is 7.55. The molecule has 2 heterocycles. The summed E-state index contributed by atoms with van der Waals surface area (Å²) in [6.07, 6.45) is 1.56. The second kappa shape index (κ2) is 10.8. The van der Waals surface area contributed by atoms with Crippen LogP contribution in [-0.2, 0) is 11.2 Å². The van der Waals surface area contributed by atoms with E-state index < -0.39 is 11.5 Å². The zero-order chi connectivity index (χ0) is 26.6. The van der Waals surface area contributed by atoms with Gasteiger partial charge < -0.3 is 30.4 Å². The lowest BCUT2D eigenvalue weighted by Crippen LogP contribution is -2.27. The number of primary amides is 1. The molecule has 11 heteroatoms. The maximum absolute atomic E-state index is 12.7. The zero-order valence-corrected chi connectivity index (χ0v) is 21.3. The molecule has 0 saturated carbocycles. The van der Waals surface area contributed by atoms with Gasteiger partial charge in [0.1, 0.15) is 17.9 Å². The molecule has 0 aliphatic heterocycles. The van der Waals surface area contributed by atoms with Crippen molar-refractivity contribution >= 4 is 38.5 Å². The number of fused-ring (bicyclic) bond motifs is 1. The molecule has 0 bridgehead atoms. The van der Waals surface area contributed by atoms with Gasteiger partial charge in [-0.2, -0.15) is 0 Å². The van der Waals surface area contributed by atoms with E-state index in [9.17, 15) is 14.7 Å². The first-order valence-electron chi connectivity index (χ1n) is 11.3. The van der Waals surface area contributed by atoms with Crippen molar-refractivity contribution in [1.82, 2.24) is 9.97 Å². The van der Waals surface area contributed by atoms with Gasteiger partial charge in [0.25, 0.3) is 5.91 Å². The van der Waals surface area contributed by atoms with Gasteiger partial charge in [-0.1, -0.05) is 17.4 Å². The number of ether oxygens (including phenoxy) is 3. The maximum Gasteiger partial charge on any atom is 0.254 e. The number of rotatable bonds is 10. The molecule has 192 valence electrons. The number of aromatic nitrogens is 2. The van der Waals surface area contributed by atoms with Gasteiger partial charge in [0.05, 0.1) is 29.3 Å². The minimum atomic E-state index is -0.950. The third-order valence-electron chi connectivity index (χ3n) is 5.03. The van der Waals surface area contributed by atoms with Crippen molar-refractivity contribution in [3.63, 3.8) is 0 Å². The summed E-state index contributed by atoms with van der Waals surface area (Å²) >= 11 is 1.35. The number of nitrogens with one attached hydrogen (secondary N) is 1. The highest BCUT2D eigenvalue weighted by atomic mass is 32.1. The number of pyridine rings is 1. The fourth-order valence-electron chi connectivity index (χ4n) is 3.33. The minimum absolute atomic E-state index is 0.0586. The van der Waals surface area contributed by atoms with Crippen molar-refractivity contribution < 1.29 is 28.9 Å². The quantitative estimate of drug-likeness (QED) is 0.284. The summed E-state index contributed by atoms with van der Waals surface area (Å²) in [7, 11) is 1.47. The molecule has 0 fully saturated rings. The lowest BCUT2D eigenvalue weighted by Gasteiger charge is -2.17. The Morgan fingerprint density at radius 2 is 1.95 bits per heavy atom. The molecule has 2 amide bonds. The highest BCUT2D eigenvalue weighted by Crippen LogP contribution is 2.33. The number of nitrogens with zero attached hydrogens (tertiary/aromatic N) is 2. The largest absolute Gasteiger partial charge is 0.493 e. The normalized spacial score (nSPS) is 11.2. The van der Waals surface area contributed by atoms with Gasteiger partial charge in [-0.3, -0.25) is 9.59 Å². The van der Waals surface area contributed by atoms with Crippen LogP contribution in [0.4, 0.5) is 5.13 Å². The summed E-state index contributed by atoms with van der Waals surface area (Å²) in [4.78, 5) is 32.9. The maximum atomic E-state index is 12.7. The highest BCUT2D eigenvalue weighted by molar-refractivity contribution is 7.22. The molecule has 0 aliphatic carbocycles. The van der Waals surface area contributed by atoms with Crippen LogP contribution in [0.5, 0.6) is 23.1 Å². The predicted octanol–water partition coefficient (Wildman–Crippen LogP) is 3.92. The number of carbonyl (C=O) groups excluding carboxylic acids is 2. The summed E-state index contributed by atoms with van der Waals surface area (Å²) in [5.41, 5.74) is 5.94. The number of carbonyl (C=O) groups is 2. The van der Waals surface area contributed by atoms with Crippen molar-refractivity contribution in [3.8, 4) is 23.1 Å². The number of amides is 2. The van der Waals surface area contributed by atoms with Crippen LogP contribution in [0.3, 0.4) is 0 Å². The van der Waals surface area contributed by atoms with E-state index in [4.69, 9.17) is 19.9 Å². The van der Waals surface area contributed by atoms with Gasteiger partial charge in [0, 0.05) is 12.3 Å². The van der Waals surface area contributed by atoms with E-state index in [0.717, 1.165) is 4.70 Å². The Morgan fingerprint density at radius 3 is 2.68 bits per heavy atom. The van der Waals surface area contributed by atoms with Crippen LogP contribution in [0.2, 0.25) is 0 Å². The number of hydrogen-bond acceptors (Lipinski definition) is 9. The number of anilines is 1. The molecule has 4 N–H and O–H groups in total. The van der Waals surface area contributed by atoms with Gasteiger partial charge in [-0.05, 0) is 55.8 Å². The topological polar surface area (TPSA) is 146 Å². The third kappa shape index (κ3) is 6.72. The SMILES string of the molecule is COc1cc(CC(=O)Nc2nc3cc(OCC(C)(C)O)ccc3s2)ccc1Oc1ncccc1C(N)=O. The van der Waals surface area contributed by atoms with Crippen molar-refractivity contribution in [2.75, 3.05) is 19.0 Å².